The minimum atomic E-state index is 0.0921. The zero-order valence-electron chi connectivity index (χ0n) is 10.4. The van der Waals surface area contributed by atoms with Gasteiger partial charge in [0.15, 0.2) is 0 Å². The van der Waals surface area contributed by atoms with Gasteiger partial charge >= 0.3 is 0 Å². The molecular formula is C11H21N3O2S. The molecule has 1 heterocycles. The van der Waals surface area contributed by atoms with Crippen LogP contribution in [0.3, 0.4) is 0 Å². The third-order valence-electron chi connectivity index (χ3n) is 2.80. The number of nitrogens with two attached hydrogens (primary N) is 1. The maximum Gasteiger partial charge on any atom is 0.232 e. The molecule has 1 aliphatic rings. The van der Waals surface area contributed by atoms with E-state index in [4.69, 9.17) is 5.73 Å². The Hall–Kier alpha value is -0.750. The van der Waals surface area contributed by atoms with E-state index in [1.165, 1.54) is 0 Å². The largest absolute Gasteiger partial charge is 0.339 e. The van der Waals surface area contributed by atoms with E-state index in [2.05, 4.69) is 0 Å². The Bertz CT molecular complexity index is 265. The predicted molar refractivity (Wildman–Crippen MR) is 69.8 cm³/mol. The van der Waals surface area contributed by atoms with E-state index in [9.17, 15) is 9.59 Å². The first-order valence-electron chi connectivity index (χ1n) is 5.96. The van der Waals surface area contributed by atoms with Gasteiger partial charge in [-0.15, -0.1) is 0 Å². The number of rotatable bonds is 5. The van der Waals surface area contributed by atoms with Gasteiger partial charge in [0.25, 0.3) is 0 Å². The smallest absolute Gasteiger partial charge is 0.232 e. The fourth-order valence-electron chi connectivity index (χ4n) is 1.71. The van der Waals surface area contributed by atoms with Gasteiger partial charge < -0.3 is 15.5 Å². The Labute approximate surface area is 107 Å². The van der Waals surface area contributed by atoms with Crippen LogP contribution in [-0.2, 0) is 9.59 Å². The molecule has 1 rings (SSSR count). The highest BCUT2D eigenvalue weighted by Crippen LogP contribution is 2.07. The van der Waals surface area contributed by atoms with Crippen molar-refractivity contribution in [2.45, 2.75) is 13.3 Å². The zero-order chi connectivity index (χ0) is 12.7. The molecule has 0 unspecified atom stereocenters. The summed E-state index contributed by atoms with van der Waals surface area (Å²) in [5.74, 6) is 1.74. The second-order valence-corrected chi connectivity index (χ2v) is 5.19. The van der Waals surface area contributed by atoms with Crippen molar-refractivity contribution < 1.29 is 9.59 Å². The summed E-state index contributed by atoms with van der Waals surface area (Å²) < 4.78 is 0. The quantitative estimate of drug-likeness (QED) is 0.692. The molecule has 98 valence electrons. The van der Waals surface area contributed by atoms with Crippen LogP contribution in [0.1, 0.15) is 13.3 Å². The van der Waals surface area contributed by atoms with Crippen LogP contribution >= 0.6 is 11.8 Å². The van der Waals surface area contributed by atoms with E-state index in [1.807, 2.05) is 4.90 Å². The van der Waals surface area contributed by atoms with Crippen LogP contribution in [0.4, 0.5) is 0 Å². The Kier molecular flexibility index (Phi) is 6.36. The molecule has 1 fully saturated rings. The molecule has 0 aliphatic carbocycles. The van der Waals surface area contributed by atoms with Crippen LogP contribution in [0.5, 0.6) is 0 Å². The normalized spacial score (nSPS) is 16.1. The van der Waals surface area contributed by atoms with Gasteiger partial charge in [0, 0.05) is 33.1 Å². The number of piperazine rings is 1. The van der Waals surface area contributed by atoms with Gasteiger partial charge in [-0.1, -0.05) is 0 Å². The lowest BCUT2D eigenvalue weighted by Crippen LogP contribution is -2.50. The Morgan fingerprint density at radius 2 is 1.76 bits per heavy atom. The molecule has 0 saturated carbocycles. The molecule has 5 nitrogen and oxygen atoms in total. The van der Waals surface area contributed by atoms with E-state index in [1.54, 1.807) is 23.6 Å². The molecule has 6 heteroatoms. The number of hydrogen-bond acceptors (Lipinski definition) is 4. The molecule has 0 aromatic heterocycles. The van der Waals surface area contributed by atoms with Crippen LogP contribution in [0.25, 0.3) is 0 Å². The van der Waals surface area contributed by atoms with Crippen LogP contribution in [-0.4, -0.2) is 65.8 Å². The molecular weight excluding hydrogens is 238 g/mol. The molecule has 0 aromatic rings. The van der Waals surface area contributed by atoms with Gasteiger partial charge in [-0.05, 0) is 18.7 Å². The first-order valence-corrected chi connectivity index (χ1v) is 7.11. The van der Waals surface area contributed by atoms with Crippen molar-refractivity contribution in [3.63, 3.8) is 0 Å². The molecule has 0 spiro atoms. The summed E-state index contributed by atoms with van der Waals surface area (Å²) >= 11 is 1.63. The van der Waals surface area contributed by atoms with Crippen LogP contribution in [0, 0.1) is 0 Å². The van der Waals surface area contributed by atoms with Gasteiger partial charge in [-0.2, -0.15) is 11.8 Å². The highest BCUT2D eigenvalue weighted by atomic mass is 32.2. The van der Waals surface area contributed by atoms with Gasteiger partial charge in [-0.25, -0.2) is 0 Å². The Morgan fingerprint density at radius 1 is 1.18 bits per heavy atom. The second kappa shape index (κ2) is 7.55. The molecule has 0 atom stereocenters. The average Bonchev–Trinajstić information content (AvgIpc) is 2.34. The number of carbonyl (C=O) groups excluding carboxylic acids is 2. The molecule has 1 saturated heterocycles. The average molecular weight is 259 g/mol. The highest BCUT2D eigenvalue weighted by Gasteiger charge is 2.21. The molecule has 0 aromatic carbocycles. The van der Waals surface area contributed by atoms with E-state index in [0.29, 0.717) is 38.5 Å². The first-order chi connectivity index (χ1) is 8.15. The fraction of sp³-hybridized carbons (Fsp3) is 0.818. The van der Waals surface area contributed by atoms with E-state index >= 15 is 0 Å². The number of hydrogen-bond donors (Lipinski definition) is 1. The fourth-order valence-corrected chi connectivity index (χ4v) is 2.58. The number of amides is 2. The summed E-state index contributed by atoms with van der Waals surface area (Å²) in [4.78, 5) is 26.6. The van der Waals surface area contributed by atoms with Crippen molar-refractivity contribution in [1.82, 2.24) is 9.80 Å². The Morgan fingerprint density at radius 3 is 2.29 bits per heavy atom. The third kappa shape index (κ3) is 4.95. The highest BCUT2D eigenvalue weighted by molar-refractivity contribution is 7.99. The summed E-state index contributed by atoms with van der Waals surface area (Å²) in [6.45, 7) is 4.90. The minimum absolute atomic E-state index is 0.0921. The lowest BCUT2D eigenvalue weighted by molar-refractivity contribution is -0.136. The maximum absolute atomic E-state index is 11.8. The van der Waals surface area contributed by atoms with Crippen molar-refractivity contribution in [2.24, 2.45) is 5.73 Å². The molecule has 17 heavy (non-hydrogen) atoms. The molecule has 0 radical (unpaired) electrons. The van der Waals surface area contributed by atoms with Crippen LogP contribution in [0.15, 0.2) is 0 Å². The lowest BCUT2D eigenvalue weighted by atomic mass is 10.3. The maximum atomic E-state index is 11.8. The van der Waals surface area contributed by atoms with Crippen molar-refractivity contribution in [1.29, 1.82) is 0 Å². The van der Waals surface area contributed by atoms with E-state index in [0.717, 1.165) is 12.2 Å². The van der Waals surface area contributed by atoms with Gasteiger partial charge in [-0.3, -0.25) is 9.59 Å². The van der Waals surface area contributed by atoms with Gasteiger partial charge in [0.05, 0.1) is 5.75 Å². The summed E-state index contributed by atoms with van der Waals surface area (Å²) in [5.41, 5.74) is 5.39. The first kappa shape index (κ1) is 14.3. The molecule has 0 bridgehead atoms. The Balaban J connectivity index is 2.19. The predicted octanol–water partition coefficient (Wildman–Crippen LogP) is -0.241. The summed E-state index contributed by atoms with van der Waals surface area (Å²) in [7, 11) is 0. The van der Waals surface area contributed by atoms with Crippen molar-refractivity contribution in [3.8, 4) is 0 Å². The molecule has 2 amide bonds. The van der Waals surface area contributed by atoms with Crippen LogP contribution in [0.2, 0.25) is 0 Å². The van der Waals surface area contributed by atoms with Gasteiger partial charge in [0.1, 0.15) is 0 Å². The van der Waals surface area contributed by atoms with E-state index < -0.39 is 0 Å². The topological polar surface area (TPSA) is 66.6 Å². The summed E-state index contributed by atoms with van der Waals surface area (Å²) in [6.07, 6.45) is 0.954. The number of nitrogens with zero attached hydrogens (tertiary/aromatic N) is 2. The zero-order valence-corrected chi connectivity index (χ0v) is 11.2. The standard InChI is InChI=1S/C11H21N3O2S/c1-10(15)13-4-6-14(7-5-13)11(16)9-17-8-2-3-12/h2-9,12H2,1H3. The summed E-state index contributed by atoms with van der Waals surface area (Å²) in [6, 6.07) is 0. The van der Waals surface area contributed by atoms with Crippen molar-refractivity contribution >= 4 is 23.6 Å². The lowest BCUT2D eigenvalue weighted by Gasteiger charge is -2.34. The van der Waals surface area contributed by atoms with Crippen molar-refractivity contribution in [3.05, 3.63) is 0 Å². The van der Waals surface area contributed by atoms with E-state index in [-0.39, 0.29) is 11.8 Å². The monoisotopic (exact) mass is 259 g/mol. The molecule has 1 aliphatic heterocycles. The third-order valence-corrected chi connectivity index (χ3v) is 3.82. The minimum Gasteiger partial charge on any atom is -0.339 e. The number of thioether (sulfide) groups is 1. The van der Waals surface area contributed by atoms with Crippen molar-refractivity contribution in [2.75, 3.05) is 44.2 Å². The van der Waals surface area contributed by atoms with Gasteiger partial charge in [0.2, 0.25) is 11.8 Å². The second-order valence-electron chi connectivity index (χ2n) is 4.08. The SMILES string of the molecule is CC(=O)N1CCN(C(=O)CSCCCN)CC1. The summed E-state index contributed by atoms with van der Waals surface area (Å²) in [5, 5.41) is 0. The van der Waals surface area contributed by atoms with Crippen LogP contribution < -0.4 is 5.73 Å². The molecule has 2 N–H and O–H groups in total. The number of carbonyl (C=O) groups is 2.